The number of carbonyl (C=O) groups is 1. The second-order valence-corrected chi connectivity index (χ2v) is 5.20. The molecule has 0 aromatic heterocycles. The van der Waals surface area contributed by atoms with Crippen LogP contribution in [0.15, 0.2) is 0 Å². The van der Waals surface area contributed by atoms with Crippen molar-refractivity contribution in [3.05, 3.63) is 0 Å². The maximum atomic E-state index is 11.5. The van der Waals surface area contributed by atoms with Crippen molar-refractivity contribution >= 4 is 5.97 Å². The van der Waals surface area contributed by atoms with Gasteiger partial charge in [0, 0.05) is 13.2 Å². The average Bonchev–Trinajstić information content (AvgIpc) is 2.63. The quantitative estimate of drug-likeness (QED) is 0.764. The molecule has 15 heavy (non-hydrogen) atoms. The molecule has 2 atom stereocenters. The molecule has 1 saturated heterocycles. The van der Waals surface area contributed by atoms with Gasteiger partial charge in [-0.05, 0) is 43.9 Å². The number of aliphatic carboxylic acids is 1. The lowest BCUT2D eigenvalue weighted by molar-refractivity contribution is -0.155. The van der Waals surface area contributed by atoms with E-state index in [4.69, 9.17) is 4.74 Å². The second kappa shape index (κ2) is 4.12. The molecule has 0 radical (unpaired) electrons. The maximum absolute atomic E-state index is 11.5. The van der Waals surface area contributed by atoms with E-state index in [1.165, 1.54) is 0 Å². The highest BCUT2D eigenvalue weighted by molar-refractivity contribution is 5.75. The number of carboxylic acids is 1. The average molecular weight is 212 g/mol. The van der Waals surface area contributed by atoms with Crippen LogP contribution in [0.1, 0.15) is 39.0 Å². The number of hydrogen-bond acceptors (Lipinski definition) is 2. The fraction of sp³-hybridized carbons (Fsp3) is 0.917. The summed E-state index contributed by atoms with van der Waals surface area (Å²) in [6.07, 6.45) is 4.67. The van der Waals surface area contributed by atoms with Crippen LogP contribution >= 0.6 is 0 Å². The minimum atomic E-state index is -0.571. The highest BCUT2D eigenvalue weighted by Crippen LogP contribution is 2.50. The summed E-state index contributed by atoms with van der Waals surface area (Å²) >= 11 is 0. The Kier molecular flexibility index (Phi) is 3.01. The lowest BCUT2D eigenvalue weighted by atomic mass is 9.70. The molecule has 0 amide bonds. The summed E-state index contributed by atoms with van der Waals surface area (Å²) in [5, 5.41) is 9.49. The number of ether oxygens (including phenoxy) is 1. The van der Waals surface area contributed by atoms with Crippen LogP contribution in [0.4, 0.5) is 0 Å². The normalized spacial score (nSPS) is 38.1. The summed E-state index contributed by atoms with van der Waals surface area (Å²) in [6.45, 7) is 3.66. The molecule has 1 aliphatic carbocycles. The molecule has 0 spiro atoms. The lowest BCUT2D eigenvalue weighted by Gasteiger charge is -2.36. The standard InChI is InChI=1S/C12H20O3/c1-9-2-5-12(8-9,11(13)14)10-3-6-15-7-4-10/h9-10H,2-8H2,1H3,(H,13,14). The molecule has 0 aromatic rings. The lowest BCUT2D eigenvalue weighted by Crippen LogP contribution is -2.39. The van der Waals surface area contributed by atoms with E-state index in [9.17, 15) is 9.90 Å². The predicted molar refractivity (Wildman–Crippen MR) is 56.6 cm³/mol. The van der Waals surface area contributed by atoms with Gasteiger partial charge in [-0.15, -0.1) is 0 Å². The van der Waals surface area contributed by atoms with Crippen LogP contribution in [0, 0.1) is 17.3 Å². The molecular formula is C12H20O3. The third-order valence-electron chi connectivity index (χ3n) is 4.22. The summed E-state index contributed by atoms with van der Waals surface area (Å²) in [5.41, 5.74) is -0.427. The zero-order chi connectivity index (χ0) is 10.9. The van der Waals surface area contributed by atoms with Gasteiger partial charge in [0.1, 0.15) is 0 Å². The van der Waals surface area contributed by atoms with Gasteiger partial charge in [0.05, 0.1) is 5.41 Å². The van der Waals surface area contributed by atoms with Gasteiger partial charge in [0.15, 0.2) is 0 Å². The van der Waals surface area contributed by atoms with Crippen molar-refractivity contribution in [3.8, 4) is 0 Å². The van der Waals surface area contributed by atoms with Crippen LogP contribution < -0.4 is 0 Å². The molecule has 86 valence electrons. The molecule has 1 heterocycles. The van der Waals surface area contributed by atoms with E-state index in [1.54, 1.807) is 0 Å². The van der Waals surface area contributed by atoms with E-state index < -0.39 is 11.4 Å². The fourth-order valence-electron chi connectivity index (χ4n) is 3.32. The van der Waals surface area contributed by atoms with Crippen molar-refractivity contribution < 1.29 is 14.6 Å². The largest absolute Gasteiger partial charge is 0.481 e. The molecule has 2 fully saturated rings. The highest BCUT2D eigenvalue weighted by atomic mass is 16.5. The molecule has 0 bridgehead atoms. The maximum Gasteiger partial charge on any atom is 0.309 e. The van der Waals surface area contributed by atoms with E-state index in [-0.39, 0.29) is 0 Å². The van der Waals surface area contributed by atoms with Crippen LogP contribution in [-0.4, -0.2) is 24.3 Å². The number of rotatable bonds is 2. The fourth-order valence-corrected chi connectivity index (χ4v) is 3.32. The van der Waals surface area contributed by atoms with Crippen LogP contribution in [0.5, 0.6) is 0 Å². The molecule has 2 unspecified atom stereocenters. The van der Waals surface area contributed by atoms with Gasteiger partial charge in [-0.2, -0.15) is 0 Å². The molecule has 1 N–H and O–H groups in total. The van der Waals surface area contributed by atoms with Crippen molar-refractivity contribution in [2.45, 2.75) is 39.0 Å². The summed E-state index contributed by atoms with van der Waals surface area (Å²) in [6, 6.07) is 0. The Bertz CT molecular complexity index is 245. The summed E-state index contributed by atoms with van der Waals surface area (Å²) in [4.78, 5) is 11.5. The smallest absolute Gasteiger partial charge is 0.309 e. The Hall–Kier alpha value is -0.570. The summed E-state index contributed by atoms with van der Waals surface area (Å²) in [5.74, 6) is 0.344. The summed E-state index contributed by atoms with van der Waals surface area (Å²) < 4.78 is 5.32. The monoisotopic (exact) mass is 212 g/mol. The minimum absolute atomic E-state index is 0.341. The van der Waals surface area contributed by atoms with Crippen LogP contribution in [0.2, 0.25) is 0 Å². The van der Waals surface area contributed by atoms with E-state index in [1.807, 2.05) is 0 Å². The SMILES string of the molecule is CC1CCC(C(=O)O)(C2CCOCC2)C1. The zero-order valence-corrected chi connectivity index (χ0v) is 9.37. The van der Waals surface area contributed by atoms with Crippen molar-refractivity contribution in [2.75, 3.05) is 13.2 Å². The van der Waals surface area contributed by atoms with E-state index in [0.717, 1.165) is 45.3 Å². The molecule has 3 nitrogen and oxygen atoms in total. The third-order valence-corrected chi connectivity index (χ3v) is 4.22. The molecule has 0 aromatic carbocycles. The minimum Gasteiger partial charge on any atom is -0.481 e. The van der Waals surface area contributed by atoms with E-state index >= 15 is 0 Å². The number of hydrogen-bond donors (Lipinski definition) is 1. The first kappa shape index (κ1) is 10.9. The van der Waals surface area contributed by atoms with Gasteiger partial charge >= 0.3 is 5.97 Å². The van der Waals surface area contributed by atoms with E-state index in [2.05, 4.69) is 6.92 Å². The molecular weight excluding hydrogens is 192 g/mol. The van der Waals surface area contributed by atoms with Crippen molar-refractivity contribution in [2.24, 2.45) is 17.3 Å². The Labute approximate surface area is 90.8 Å². The first-order valence-electron chi connectivity index (χ1n) is 5.96. The van der Waals surface area contributed by atoms with E-state index in [0.29, 0.717) is 11.8 Å². The van der Waals surface area contributed by atoms with Crippen LogP contribution in [-0.2, 0) is 9.53 Å². The van der Waals surface area contributed by atoms with Gasteiger partial charge in [0.2, 0.25) is 0 Å². The predicted octanol–water partition coefficient (Wildman–Crippen LogP) is 2.30. The van der Waals surface area contributed by atoms with Crippen LogP contribution in [0.3, 0.4) is 0 Å². The van der Waals surface area contributed by atoms with Gasteiger partial charge in [-0.3, -0.25) is 4.79 Å². The Morgan fingerprint density at radius 1 is 1.33 bits per heavy atom. The number of carboxylic acid groups (broad SMARTS) is 1. The Morgan fingerprint density at radius 3 is 2.47 bits per heavy atom. The Morgan fingerprint density at radius 2 is 2.00 bits per heavy atom. The van der Waals surface area contributed by atoms with Crippen LogP contribution in [0.25, 0.3) is 0 Å². The highest BCUT2D eigenvalue weighted by Gasteiger charge is 2.49. The molecule has 2 aliphatic rings. The van der Waals surface area contributed by atoms with Gasteiger partial charge in [0.25, 0.3) is 0 Å². The summed E-state index contributed by atoms with van der Waals surface area (Å²) in [7, 11) is 0. The zero-order valence-electron chi connectivity index (χ0n) is 9.37. The first-order valence-corrected chi connectivity index (χ1v) is 5.96. The van der Waals surface area contributed by atoms with Crippen molar-refractivity contribution in [1.29, 1.82) is 0 Å². The first-order chi connectivity index (χ1) is 7.15. The molecule has 1 aliphatic heterocycles. The van der Waals surface area contributed by atoms with Gasteiger partial charge in [-0.25, -0.2) is 0 Å². The Balaban J connectivity index is 2.14. The van der Waals surface area contributed by atoms with Gasteiger partial charge < -0.3 is 9.84 Å². The third kappa shape index (κ3) is 1.89. The molecule has 2 rings (SSSR count). The topological polar surface area (TPSA) is 46.5 Å². The van der Waals surface area contributed by atoms with Gasteiger partial charge in [-0.1, -0.05) is 6.92 Å². The van der Waals surface area contributed by atoms with Crippen molar-refractivity contribution in [3.63, 3.8) is 0 Å². The van der Waals surface area contributed by atoms with Crippen molar-refractivity contribution in [1.82, 2.24) is 0 Å². The molecule has 1 saturated carbocycles. The molecule has 3 heteroatoms. The second-order valence-electron chi connectivity index (χ2n) is 5.20.